The van der Waals surface area contributed by atoms with Crippen molar-refractivity contribution in [2.75, 3.05) is 0 Å². The van der Waals surface area contributed by atoms with Crippen molar-refractivity contribution in [1.82, 2.24) is 25.1 Å². The first kappa shape index (κ1) is 18.1. The maximum atomic E-state index is 6.04. The van der Waals surface area contributed by atoms with Crippen LogP contribution in [0.2, 0.25) is 5.02 Å². The van der Waals surface area contributed by atoms with E-state index in [0.717, 1.165) is 30.5 Å². The lowest BCUT2D eigenvalue weighted by atomic mass is 10.1. The Morgan fingerprint density at radius 2 is 1.56 bits per heavy atom. The third-order valence-electron chi connectivity index (χ3n) is 5.17. The Kier molecular flexibility index (Phi) is 5.80. The van der Waals surface area contributed by atoms with Crippen LogP contribution in [0.4, 0.5) is 0 Å². The van der Waals surface area contributed by atoms with Crippen molar-refractivity contribution in [3.8, 4) is 0 Å². The summed E-state index contributed by atoms with van der Waals surface area (Å²) < 4.78 is 2.05. The smallest absolute Gasteiger partial charge is 0.165 e. The van der Waals surface area contributed by atoms with Crippen LogP contribution in [-0.2, 0) is 19.6 Å². The zero-order chi connectivity index (χ0) is 18.5. The predicted molar refractivity (Wildman–Crippen MR) is 106 cm³/mol. The fourth-order valence-corrected chi connectivity index (χ4v) is 3.93. The van der Waals surface area contributed by atoms with Gasteiger partial charge in [0.25, 0.3) is 0 Å². The lowest BCUT2D eigenvalue weighted by molar-refractivity contribution is 0.232. The number of halogens is 1. The molecule has 140 valence electrons. The minimum Gasteiger partial charge on any atom is -0.287 e. The summed E-state index contributed by atoms with van der Waals surface area (Å²) in [5.74, 6) is 0.951. The van der Waals surface area contributed by atoms with Gasteiger partial charge in [0.15, 0.2) is 5.82 Å². The highest BCUT2D eigenvalue weighted by atomic mass is 35.5. The van der Waals surface area contributed by atoms with Crippen LogP contribution in [-0.4, -0.2) is 25.1 Å². The average molecular weight is 382 g/mol. The number of nitrogens with zero attached hydrogens (tertiary/aromatic N) is 5. The third kappa shape index (κ3) is 4.73. The summed E-state index contributed by atoms with van der Waals surface area (Å²) in [6.45, 7) is 2.39. The Morgan fingerprint density at radius 1 is 0.889 bits per heavy atom. The number of hydrogen-bond acceptors (Lipinski definition) is 4. The molecule has 27 heavy (non-hydrogen) atoms. The van der Waals surface area contributed by atoms with Gasteiger partial charge in [-0.05, 0) is 46.5 Å². The molecule has 1 fully saturated rings. The summed E-state index contributed by atoms with van der Waals surface area (Å²) in [6.07, 6.45) is 4.88. The summed E-state index contributed by atoms with van der Waals surface area (Å²) in [4.78, 5) is 2.38. The van der Waals surface area contributed by atoms with Gasteiger partial charge in [0.2, 0.25) is 0 Å². The largest absolute Gasteiger partial charge is 0.287 e. The molecule has 0 N–H and O–H groups in total. The number of hydrogen-bond donors (Lipinski definition) is 0. The molecule has 1 aliphatic carbocycles. The third-order valence-corrected chi connectivity index (χ3v) is 5.42. The van der Waals surface area contributed by atoms with Crippen LogP contribution >= 0.6 is 11.6 Å². The highest BCUT2D eigenvalue weighted by molar-refractivity contribution is 6.30. The molecule has 5 nitrogen and oxygen atoms in total. The van der Waals surface area contributed by atoms with Crippen molar-refractivity contribution in [1.29, 1.82) is 0 Å². The van der Waals surface area contributed by atoms with Gasteiger partial charge in [0.05, 0.1) is 12.6 Å². The summed E-state index contributed by atoms with van der Waals surface area (Å²) in [5, 5.41) is 13.4. The summed E-state index contributed by atoms with van der Waals surface area (Å²) in [7, 11) is 0. The van der Waals surface area contributed by atoms with Crippen molar-refractivity contribution in [2.24, 2.45) is 0 Å². The SMILES string of the molecule is Clc1ccc(CN(Cc2ccccc2)Cc2nnnn2C2CCCC2)cc1. The first-order valence-corrected chi connectivity index (χ1v) is 9.93. The number of aromatic nitrogens is 4. The molecule has 0 atom stereocenters. The Morgan fingerprint density at radius 3 is 2.26 bits per heavy atom. The van der Waals surface area contributed by atoms with Gasteiger partial charge in [0, 0.05) is 18.1 Å². The Bertz CT molecular complexity index is 841. The van der Waals surface area contributed by atoms with Gasteiger partial charge in [-0.2, -0.15) is 0 Å². The van der Waals surface area contributed by atoms with E-state index in [1.807, 2.05) is 22.9 Å². The van der Waals surface area contributed by atoms with Gasteiger partial charge in [0.1, 0.15) is 0 Å². The van der Waals surface area contributed by atoms with Crippen molar-refractivity contribution in [3.05, 3.63) is 76.6 Å². The van der Waals surface area contributed by atoms with Crippen LogP contribution in [0.25, 0.3) is 0 Å². The van der Waals surface area contributed by atoms with E-state index in [1.54, 1.807) is 0 Å². The molecule has 0 unspecified atom stereocenters. The Labute approximate surface area is 165 Å². The van der Waals surface area contributed by atoms with Crippen molar-refractivity contribution >= 4 is 11.6 Å². The van der Waals surface area contributed by atoms with Gasteiger partial charge in [-0.25, -0.2) is 4.68 Å². The second-order valence-corrected chi connectivity index (χ2v) is 7.67. The quantitative estimate of drug-likeness (QED) is 0.598. The maximum absolute atomic E-state index is 6.04. The summed E-state index contributed by atoms with van der Waals surface area (Å²) in [6, 6.07) is 19.0. The normalized spacial score (nSPS) is 14.9. The van der Waals surface area contributed by atoms with Crippen LogP contribution in [0, 0.1) is 0 Å². The molecule has 0 bridgehead atoms. The van der Waals surface area contributed by atoms with Crippen LogP contribution in [0.15, 0.2) is 54.6 Å². The fourth-order valence-electron chi connectivity index (χ4n) is 3.81. The molecular weight excluding hydrogens is 358 g/mol. The molecule has 1 heterocycles. The van der Waals surface area contributed by atoms with Gasteiger partial charge in [-0.15, -0.1) is 5.10 Å². The van der Waals surface area contributed by atoms with Gasteiger partial charge in [-0.3, -0.25) is 4.90 Å². The van der Waals surface area contributed by atoms with E-state index in [1.165, 1.54) is 36.8 Å². The summed E-state index contributed by atoms with van der Waals surface area (Å²) >= 11 is 6.04. The van der Waals surface area contributed by atoms with Gasteiger partial charge < -0.3 is 0 Å². The van der Waals surface area contributed by atoms with Crippen LogP contribution < -0.4 is 0 Å². The van der Waals surface area contributed by atoms with Crippen LogP contribution in [0.3, 0.4) is 0 Å². The highest BCUT2D eigenvalue weighted by Gasteiger charge is 2.22. The first-order chi connectivity index (χ1) is 13.3. The average Bonchev–Trinajstić information content (AvgIpc) is 3.36. The molecule has 1 aromatic heterocycles. The highest BCUT2D eigenvalue weighted by Crippen LogP contribution is 2.29. The molecule has 0 radical (unpaired) electrons. The van der Waals surface area contributed by atoms with Crippen molar-refractivity contribution < 1.29 is 0 Å². The van der Waals surface area contributed by atoms with E-state index < -0.39 is 0 Å². The molecule has 0 spiro atoms. The maximum Gasteiger partial charge on any atom is 0.165 e. The van der Waals surface area contributed by atoms with E-state index in [-0.39, 0.29) is 0 Å². The predicted octanol–water partition coefficient (Wildman–Crippen LogP) is 4.64. The van der Waals surface area contributed by atoms with E-state index in [9.17, 15) is 0 Å². The molecule has 2 aromatic carbocycles. The fraction of sp³-hybridized carbons (Fsp3) is 0.381. The van der Waals surface area contributed by atoms with Crippen molar-refractivity contribution in [2.45, 2.75) is 51.4 Å². The monoisotopic (exact) mass is 381 g/mol. The van der Waals surface area contributed by atoms with Gasteiger partial charge in [-0.1, -0.05) is 66.9 Å². The standard InChI is InChI=1S/C21H24ClN5/c22-19-12-10-18(11-13-19)15-26(14-17-6-2-1-3-7-17)16-21-23-24-25-27(21)20-8-4-5-9-20/h1-3,6-7,10-13,20H,4-5,8-9,14-16H2. The second kappa shape index (κ2) is 8.63. The van der Waals surface area contributed by atoms with Crippen LogP contribution in [0.5, 0.6) is 0 Å². The second-order valence-electron chi connectivity index (χ2n) is 7.24. The number of benzene rings is 2. The topological polar surface area (TPSA) is 46.8 Å². The Balaban J connectivity index is 1.54. The number of rotatable bonds is 7. The lowest BCUT2D eigenvalue weighted by Crippen LogP contribution is -2.25. The molecule has 1 saturated carbocycles. The van der Waals surface area contributed by atoms with Crippen LogP contribution in [0.1, 0.15) is 48.7 Å². The summed E-state index contributed by atoms with van der Waals surface area (Å²) in [5.41, 5.74) is 2.52. The molecule has 6 heteroatoms. The zero-order valence-corrected chi connectivity index (χ0v) is 16.1. The molecular formula is C21H24ClN5. The molecule has 4 rings (SSSR count). The molecule has 1 aliphatic rings. The zero-order valence-electron chi connectivity index (χ0n) is 15.3. The lowest BCUT2D eigenvalue weighted by Gasteiger charge is -2.23. The minimum absolute atomic E-state index is 0.448. The minimum atomic E-state index is 0.448. The van der Waals surface area contributed by atoms with Crippen molar-refractivity contribution in [3.63, 3.8) is 0 Å². The Hall–Kier alpha value is -2.24. The molecule has 0 aliphatic heterocycles. The van der Waals surface area contributed by atoms with E-state index in [2.05, 4.69) is 56.8 Å². The molecule has 0 amide bonds. The molecule has 0 saturated heterocycles. The van der Waals surface area contributed by atoms with E-state index >= 15 is 0 Å². The van der Waals surface area contributed by atoms with Gasteiger partial charge >= 0.3 is 0 Å². The van der Waals surface area contributed by atoms with E-state index in [4.69, 9.17) is 11.6 Å². The molecule has 3 aromatic rings. The number of tetrazole rings is 1. The van der Waals surface area contributed by atoms with E-state index in [0.29, 0.717) is 6.04 Å². The first-order valence-electron chi connectivity index (χ1n) is 9.55.